The summed E-state index contributed by atoms with van der Waals surface area (Å²) in [5, 5.41) is 9.32. The molecule has 2 heterocycles. The van der Waals surface area contributed by atoms with E-state index in [1.165, 1.54) is 0 Å². The molecule has 74 valence electrons. The van der Waals surface area contributed by atoms with E-state index in [-0.39, 0.29) is 12.3 Å². The van der Waals surface area contributed by atoms with E-state index in [0.29, 0.717) is 12.2 Å². The number of hydrogen-bond acceptors (Lipinski definition) is 3. The van der Waals surface area contributed by atoms with Gasteiger partial charge in [-0.2, -0.15) is 0 Å². The van der Waals surface area contributed by atoms with Crippen molar-refractivity contribution in [1.29, 1.82) is 0 Å². The van der Waals surface area contributed by atoms with Gasteiger partial charge < -0.3 is 10.0 Å². The summed E-state index contributed by atoms with van der Waals surface area (Å²) in [6.07, 6.45) is 2.89. The molecule has 4 nitrogen and oxygen atoms in total. The Balaban J connectivity index is 2.32. The number of anilines is 1. The van der Waals surface area contributed by atoms with Crippen molar-refractivity contribution in [2.24, 2.45) is 0 Å². The van der Waals surface area contributed by atoms with Crippen LogP contribution in [0.1, 0.15) is 6.42 Å². The van der Waals surface area contributed by atoms with Crippen LogP contribution in [0.4, 0.5) is 5.69 Å². The smallest absolute Gasteiger partial charge is 0.229 e. The first-order valence-corrected chi connectivity index (χ1v) is 5.05. The van der Waals surface area contributed by atoms with Crippen LogP contribution >= 0.6 is 15.9 Å². The molecule has 0 saturated carbocycles. The van der Waals surface area contributed by atoms with Crippen molar-refractivity contribution < 1.29 is 9.90 Å². The van der Waals surface area contributed by atoms with Crippen LogP contribution in [0.2, 0.25) is 0 Å². The Morgan fingerprint density at radius 2 is 2.43 bits per heavy atom. The van der Waals surface area contributed by atoms with Gasteiger partial charge in [0.1, 0.15) is 0 Å². The molecule has 2 rings (SSSR count). The second kappa shape index (κ2) is 3.67. The Kier molecular flexibility index (Phi) is 2.52. The van der Waals surface area contributed by atoms with E-state index in [2.05, 4.69) is 20.9 Å². The van der Waals surface area contributed by atoms with Gasteiger partial charge in [-0.25, -0.2) is 0 Å². The Morgan fingerprint density at radius 1 is 1.64 bits per heavy atom. The first-order valence-electron chi connectivity index (χ1n) is 4.26. The molecule has 0 aromatic carbocycles. The van der Waals surface area contributed by atoms with Gasteiger partial charge in [-0.05, 0) is 22.0 Å². The number of pyridine rings is 1. The molecule has 5 heteroatoms. The van der Waals surface area contributed by atoms with Gasteiger partial charge in [-0.3, -0.25) is 9.78 Å². The van der Waals surface area contributed by atoms with Gasteiger partial charge in [0.15, 0.2) is 0 Å². The number of aliphatic hydroxyl groups is 1. The van der Waals surface area contributed by atoms with Crippen molar-refractivity contribution in [2.75, 3.05) is 11.4 Å². The van der Waals surface area contributed by atoms with Gasteiger partial charge in [-0.15, -0.1) is 0 Å². The summed E-state index contributed by atoms with van der Waals surface area (Å²) >= 11 is 3.34. The summed E-state index contributed by atoms with van der Waals surface area (Å²) < 4.78 is 0.815. The normalized spacial score (nSPS) is 21.7. The summed E-state index contributed by atoms with van der Waals surface area (Å²) in [6.45, 7) is 0.350. The molecule has 0 radical (unpaired) electrons. The van der Waals surface area contributed by atoms with Crippen molar-refractivity contribution >= 4 is 27.5 Å². The molecule has 1 aliphatic heterocycles. The highest BCUT2D eigenvalue weighted by Gasteiger charge is 2.30. The zero-order chi connectivity index (χ0) is 10.1. The third-order valence-electron chi connectivity index (χ3n) is 2.14. The molecule has 0 spiro atoms. The van der Waals surface area contributed by atoms with E-state index in [4.69, 9.17) is 0 Å². The maximum atomic E-state index is 11.5. The highest BCUT2D eigenvalue weighted by molar-refractivity contribution is 9.10. The van der Waals surface area contributed by atoms with E-state index >= 15 is 0 Å². The lowest BCUT2D eigenvalue weighted by molar-refractivity contribution is -0.117. The fourth-order valence-electron chi connectivity index (χ4n) is 1.49. The second-order valence-corrected chi connectivity index (χ2v) is 4.04. The fraction of sp³-hybridized carbons (Fsp3) is 0.333. The van der Waals surface area contributed by atoms with Crippen LogP contribution in [0.15, 0.2) is 22.9 Å². The van der Waals surface area contributed by atoms with E-state index < -0.39 is 6.10 Å². The molecule has 14 heavy (non-hydrogen) atoms. The Hall–Kier alpha value is -0.940. The molecule has 1 aromatic rings. The molecule has 1 fully saturated rings. The van der Waals surface area contributed by atoms with Crippen LogP contribution in [-0.4, -0.2) is 28.6 Å². The molecule has 0 bridgehead atoms. The summed E-state index contributed by atoms with van der Waals surface area (Å²) in [5.41, 5.74) is 0.717. The number of β-amino-alcohol motifs (C(OH)–C–C–N with tert-alkyl or cyclic N) is 1. The number of aromatic nitrogens is 1. The highest BCUT2D eigenvalue weighted by Crippen LogP contribution is 2.28. The van der Waals surface area contributed by atoms with E-state index in [9.17, 15) is 9.90 Å². The van der Waals surface area contributed by atoms with Gasteiger partial charge in [0.2, 0.25) is 5.91 Å². The predicted octanol–water partition coefficient (Wildman–Crippen LogP) is 0.942. The molecule has 1 saturated heterocycles. The minimum atomic E-state index is -0.561. The lowest BCUT2D eigenvalue weighted by Crippen LogP contribution is -2.25. The van der Waals surface area contributed by atoms with Crippen molar-refractivity contribution in [3.05, 3.63) is 22.9 Å². The third kappa shape index (κ3) is 1.65. The second-order valence-electron chi connectivity index (χ2n) is 3.19. The Bertz CT molecular complexity index is 370. The number of nitrogens with zero attached hydrogens (tertiary/aromatic N) is 2. The number of carbonyl (C=O) groups excluding carboxylic acids is 1. The fourth-order valence-corrected chi connectivity index (χ4v) is 1.92. The predicted molar refractivity (Wildman–Crippen MR) is 54.9 cm³/mol. The molecule has 1 unspecified atom stereocenters. The van der Waals surface area contributed by atoms with Gasteiger partial charge in [0.05, 0.1) is 31.0 Å². The lowest BCUT2D eigenvalue weighted by Gasteiger charge is -2.16. The number of amides is 1. The zero-order valence-electron chi connectivity index (χ0n) is 7.35. The summed E-state index contributed by atoms with van der Waals surface area (Å²) in [4.78, 5) is 16.9. The van der Waals surface area contributed by atoms with Crippen LogP contribution in [0, 0.1) is 0 Å². The molecular weight excluding hydrogens is 248 g/mol. The average Bonchev–Trinajstić information content (AvgIpc) is 2.46. The zero-order valence-corrected chi connectivity index (χ0v) is 8.94. The molecule has 0 aliphatic carbocycles. The van der Waals surface area contributed by atoms with Crippen molar-refractivity contribution in [3.63, 3.8) is 0 Å². The molecule has 1 aromatic heterocycles. The maximum Gasteiger partial charge on any atom is 0.229 e. The summed E-state index contributed by atoms with van der Waals surface area (Å²) in [7, 11) is 0. The van der Waals surface area contributed by atoms with Crippen LogP contribution in [0.3, 0.4) is 0 Å². The van der Waals surface area contributed by atoms with E-state index in [1.54, 1.807) is 23.4 Å². The number of carbonyl (C=O) groups is 1. The van der Waals surface area contributed by atoms with Crippen LogP contribution in [-0.2, 0) is 4.79 Å². The first-order chi connectivity index (χ1) is 6.68. The molecule has 1 aliphatic rings. The Labute approximate surface area is 89.7 Å². The van der Waals surface area contributed by atoms with Gasteiger partial charge >= 0.3 is 0 Å². The topological polar surface area (TPSA) is 53.4 Å². The molecule has 1 amide bonds. The third-order valence-corrected chi connectivity index (χ3v) is 2.81. The van der Waals surface area contributed by atoms with Crippen molar-refractivity contribution in [1.82, 2.24) is 4.98 Å². The minimum Gasteiger partial charge on any atom is -0.391 e. The number of hydrogen-bond donors (Lipinski definition) is 1. The maximum absolute atomic E-state index is 11.5. The molecule has 1 N–H and O–H groups in total. The van der Waals surface area contributed by atoms with Gasteiger partial charge in [-0.1, -0.05) is 0 Å². The van der Waals surface area contributed by atoms with Crippen LogP contribution < -0.4 is 4.90 Å². The molecule has 1 atom stereocenters. The summed E-state index contributed by atoms with van der Waals surface area (Å²) in [6, 6.07) is 1.77. The average molecular weight is 257 g/mol. The first kappa shape index (κ1) is 9.61. The SMILES string of the molecule is O=C1CC(O)CN1c1cnccc1Br. The standard InChI is InChI=1S/C9H9BrN2O2/c10-7-1-2-11-4-8(7)12-5-6(13)3-9(12)14/h1-2,4,6,13H,3,5H2. The lowest BCUT2D eigenvalue weighted by atomic mass is 10.3. The quantitative estimate of drug-likeness (QED) is 0.814. The monoisotopic (exact) mass is 256 g/mol. The van der Waals surface area contributed by atoms with Crippen LogP contribution in [0.5, 0.6) is 0 Å². The minimum absolute atomic E-state index is 0.0637. The van der Waals surface area contributed by atoms with Crippen LogP contribution in [0.25, 0.3) is 0 Å². The number of aliphatic hydroxyl groups excluding tert-OH is 1. The van der Waals surface area contributed by atoms with Crippen molar-refractivity contribution in [2.45, 2.75) is 12.5 Å². The number of rotatable bonds is 1. The van der Waals surface area contributed by atoms with E-state index in [1.807, 2.05) is 0 Å². The Morgan fingerprint density at radius 3 is 3.00 bits per heavy atom. The van der Waals surface area contributed by atoms with Gasteiger partial charge in [0, 0.05) is 10.7 Å². The molecular formula is C9H9BrN2O2. The van der Waals surface area contributed by atoms with E-state index in [0.717, 1.165) is 4.47 Å². The van der Waals surface area contributed by atoms with Crippen molar-refractivity contribution in [3.8, 4) is 0 Å². The number of halogens is 1. The largest absolute Gasteiger partial charge is 0.391 e. The summed E-state index contributed by atoms with van der Waals surface area (Å²) in [5.74, 6) is -0.0637. The van der Waals surface area contributed by atoms with Gasteiger partial charge in [0.25, 0.3) is 0 Å². The highest BCUT2D eigenvalue weighted by atomic mass is 79.9.